The summed E-state index contributed by atoms with van der Waals surface area (Å²) in [5.74, 6) is -1.05. The molecule has 0 radical (unpaired) electrons. The number of benzene rings is 3. The molecule has 1 aromatic heterocycles. The first-order chi connectivity index (χ1) is 12.7. The number of fused-ring (bicyclic) bond motifs is 2. The molecule has 3 aromatic carbocycles. The van der Waals surface area contributed by atoms with Crippen LogP contribution in [0.4, 0.5) is 5.69 Å². The van der Waals surface area contributed by atoms with Gasteiger partial charge in [0.1, 0.15) is 0 Å². The van der Waals surface area contributed by atoms with Gasteiger partial charge in [-0.2, -0.15) is 5.10 Å². The highest BCUT2D eigenvalue weighted by molar-refractivity contribution is 6.05. The summed E-state index contributed by atoms with van der Waals surface area (Å²) >= 11 is 0. The van der Waals surface area contributed by atoms with Crippen LogP contribution in [0.3, 0.4) is 0 Å². The molecule has 1 heterocycles. The van der Waals surface area contributed by atoms with Crippen molar-refractivity contribution in [2.75, 3.05) is 11.9 Å². The van der Waals surface area contributed by atoms with Gasteiger partial charge >= 0.3 is 5.97 Å². The van der Waals surface area contributed by atoms with E-state index in [0.29, 0.717) is 11.1 Å². The van der Waals surface area contributed by atoms with Gasteiger partial charge in [-0.15, -0.1) is 0 Å². The minimum atomic E-state index is -0.643. The molecule has 0 bridgehead atoms. The summed E-state index contributed by atoms with van der Waals surface area (Å²) in [5.41, 5.74) is 1.58. The molecule has 0 saturated heterocycles. The van der Waals surface area contributed by atoms with Crippen LogP contribution in [0.15, 0.2) is 66.7 Å². The topological polar surface area (TPSA) is 84.1 Å². The second-order valence-corrected chi connectivity index (χ2v) is 5.77. The van der Waals surface area contributed by atoms with Crippen LogP contribution in [0.1, 0.15) is 10.5 Å². The number of nitrogens with zero attached hydrogens (tertiary/aromatic N) is 1. The van der Waals surface area contributed by atoms with Crippen molar-refractivity contribution in [1.29, 1.82) is 0 Å². The van der Waals surface area contributed by atoms with E-state index in [4.69, 9.17) is 4.74 Å². The lowest BCUT2D eigenvalue weighted by Gasteiger charge is -2.09. The number of carbonyl (C=O) groups is 2. The number of hydrogen-bond acceptors (Lipinski definition) is 4. The maximum atomic E-state index is 12.2. The summed E-state index contributed by atoms with van der Waals surface area (Å²) in [6.07, 6.45) is 0. The Morgan fingerprint density at radius 1 is 0.923 bits per heavy atom. The highest BCUT2D eigenvalue weighted by atomic mass is 16.5. The Morgan fingerprint density at radius 3 is 2.54 bits per heavy atom. The molecule has 0 saturated carbocycles. The minimum Gasteiger partial charge on any atom is -0.451 e. The molecular formula is C20H15N3O3. The average Bonchev–Trinajstić information content (AvgIpc) is 3.11. The highest BCUT2D eigenvalue weighted by Crippen LogP contribution is 2.23. The molecule has 4 aromatic rings. The van der Waals surface area contributed by atoms with Crippen molar-refractivity contribution < 1.29 is 14.3 Å². The normalized spacial score (nSPS) is 10.8. The number of amides is 1. The highest BCUT2D eigenvalue weighted by Gasteiger charge is 2.17. The molecule has 0 aliphatic rings. The Bertz CT molecular complexity index is 1110. The zero-order chi connectivity index (χ0) is 17.9. The summed E-state index contributed by atoms with van der Waals surface area (Å²) in [6, 6.07) is 20.6. The number of rotatable bonds is 4. The second-order valence-electron chi connectivity index (χ2n) is 5.77. The van der Waals surface area contributed by atoms with E-state index >= 15 is 0 Å². The molecule has 26 heavy (non-hydrogen) atoms. The molecule has 2 N–H and O–H groups in total. The van der Waals surface area contributed by atoms with E-state index in [2.05, 4.69) is 15.5 Å². The van der Waals surface area contributed by atoms with Gasteiger partial charge in [0, 0.05) is 16.5 Å². The quantitative estimate of drug-likeness (QED) is 0.554. The van der Waals surface area contributed by atoms with E-state index < -0.39 is 11.9 Å². The van der Waals surface area contributed by atoms with E-state index in [1.807, 2.05) is 60.7 Å². The van der Waals surface area contributed by atoms with Gasteiger partial charge in [0.05, 0.1) is 5.52 Å². The number of ether oxygens (including phenoxy) is 1. The van der Waals surface area contributed by atoms with E-state index in [0.717, 1.165) is 16.3 Å². The number of aromatic nitrogens is 2. The van der Waals surface area contributed by atoms with Gasteiger partial charge in [-0.3, -0.25) is 9.89 Å². The van der Waals surface area contributed by atoms with Gasteiger partial charge in [-0.1, -0.05) is 54.6 Å². The Hall–Kier alpha value is -3.67. The van der Waals surface area contributed by atoms with Crippen LogP contribution < -0.4 is 5.32 Å². The Kier molecular flexibility index (Phi) is 4.07. The van der Waals surface area contributed by atoms with E-state index in [1.165, 1.54) is 0 Å². The number of carbonyl (C=O) groups excluding carboxylic acids is 2. The van der Waals surface area contributed by atoms with Crippen LogP contribution in [-0.2, 0) is 9.53 Å². The van der Waals surface area contributed by atoms with Crippen molar-refractivity contribution in [1.82, 2.24) is 10.2 Å². The molecule has 1 amide bonds. The summed E-state index contributed by atoms with van der Waals surface area (Å²) in [6.45, 7) is -0.386. The maximum Gasteiger partial charge on any atom is 0.359 e. The molecule has 0 aliphatic carbocycles. The second kappa shape index (κ2) is 6.68. The van der Waals surface area contributed by atoms with Crippen LogP contribution >= 0.6 is 0 Å². The first-order valence-corrected chi connectivity index (χ1v) is 8.10. The predicted octanol–water partition coefficient (Wildman–Crippen LogP) is 3.51. The average molecular weight is 345 g/mol. The fraction of sp³-hybridized carbons (Fsp3) is 0.0500. The summed E-state index contributed by atoms with van der Waals surface area (Å²) in [7, 11) is 0. The maximum absolute atomic E-state index is 12.2. The third-order valence-corrected chi connectivity index (χ3v) is 4.06. The molecule has 0 aliphatic heterocycles. The molecule has 0 spiro atoms. The molecular weight excluding hydrogens is 330 g/mol. The fourth-order valence-electron chi connectivity index (χ4n) is 2.84. The molecule has 128 valence electrons. The van der Waals surface area contributed by atoms with E-state index in [9.17, 15) is 9.59 Å². The van der Waals surface area contributed by atoms with Crippen LogP contribution in [-0.4, -0.2) is 28.7 Å². The first kappa shape index (κ1) is 15.8. The van der Waals surface area contributed by atoms with Crippen molar-refractivity contribution in [3.05, 3.63) is 72.4 Å². The lowest BCUT2D eigenvalue weighted by Crippen LogP contribution is -2.21. The molecule has 6 heteroatoms. The van der Waals surface area contributed by atoms with Crippen LogP contribution in [0.25, 0.3) is 21.7 Å². The molecule has 0 fully saturated rings. The standard InChI is InChI=1S/C20H15N3O3/c24-18(21-16-11-5-7-13-6-1-2-8-14(13)16)12-26-20(25)19-15-9-3-4-10-17(15)22-23-19/h1-11H,12H2,(H,21,24)(H,22,23). The lowest BCUT2D eigenvalue weighted by atomic mass is 10.1. The number of H-pyrrole nitrogens is 1. The zero-order valence-corrected chi connectivity index (χ0v) is 13.7. The number of hydrogen-bond donors (Lipinski definition) is 2. The number of para-hydroxylation sites is 1. The Balaban J connectivity index is 1.44. The SMILES string of the molecule is O=C(COC(=O)c1n[nH]c2ccccc12)Nc1cccc2ccccc12. The van der Waals surface area contributed by atoms with Crippen LogP contribution in [0, 0.1) is 0 Å². The van der Waals surface area contributed by atoms with Gasteiger partial charge in [0.25, 0.3) is 5.91 Å². The molecule has 0 unspecified atom stereocenters. The number of anilines is 1. The predicted molar refractivity (Wildman–Crippen MR) is 99.0 cm³/mol. The third kappa shape index (κ3) is 3.00. The minimum absolute atomic E-state index is 0.165. The van der Waals surface area contributed by atoms with Crippen LogP contribution in [0.2, 0.25) is 0 Å². The first-order valence-electron chi connectivity index (χ1n) is 8.10. The Morgan fingerprint density at radius 2 is 1.65 bits per heavy atom. The third-order valence-electron chi connectivity index (χ3n) is 4.06. The zero-order valence-electron chi connectivity index (χ0n) is 13.7. The van der Waals surface area contributed by atoms with Crippen molar-refractivity contribution in [3.63, 3.8) is 0 Å². The summed E-state index contributed by atoms with van der Waals surface area (Å²) < 4.78 is 5.11. The largest absolute Gasteiger partial charge is 0.451 e. The van der Waals surface area contributed by atoms with Crippen molar-refractivity contribution in [2.24, 2.45) is 0 Å². The van der Waals surface area contributed by atoms with Crippen molar-refractivity contribution in [3.8, 4) is 0 Å². The molecule has 4 rings (SSSR count). The van der Waals surface area contributed by atoms with Crippen molar-refractivity contribution >= 4 is 39.2 Å². The monoisotopic (exact) mass is 345 g/mol. The number of nitrogens with one attached hydrogen (secondary N) is 2. The Labute approximate surface area is 148 Å². The van der Waals surface area contributed by atoms with E-state index in [1.54, 1.807) is 6.07 Å². The van der Waals surface area contributed by atoms with Gasteiger partial charge in [0.2, 0.25) is 0 Å². The van der Waals surface area contributed by atoms with Crippen molar-refractivity contribution in [2.45, 2.75) is 0 Å². The number of esters is 1. The van der Waals surface area contributed by atoms with Crippen LogP contribution in [0.5, 0.6) is 0 Å². The fourth-order valence-corrected chi connectivity index (χ4v) is 2.84. The van der Waals surface area contributed by atoms with Gasteiger partial charge in [-0.05, 0) is 17.5 Å². The molecule has 6 nitrogen and oxygen atoms in total. The van der Waals surface area contributed by atoms with Gasteiger partial charge in [-0.25, -0.2) is 4.79 Å². The summed E-state index contributed by atoms with van der Waals surface area (Å²) in [4.78, 5) is 24.4. The lowest BCUT2D eigenvalue weighted by molar-refractivity contribution is -0.119. The smallest absolute Gasteiger partial charge is 0.359 e. The number of aromatic amines is 1. The molecule has 0 atom stereocenters. The van der Waals surface area contributed by atoms with E-state index in [-0.39, 0.29) is 12.3 Å². The summed E-state index contributed by atoms with van der Waals surface area (Å²) in [5, 5.41) is 12.1. The van der Waals surface area contributed by atoms with Gasteiger partial charge < -0.3 is 10.1 Å². The van der Waals surface area contributed by atoms with Gasteiger partial charge in [0.15, 0.2) is 12.3 Å².